The number of imidazole rings is 1. The number of rotatable bonds is 6. The topological polar surface area (TPSA) is 93.5 Å². The smallest absolute Gasteiger partial charge is 0.311 e. The molecule has 174 valence electrons. The Kier molecular flexibility index (Phi) is 6.05. The number of hydrogen-bond acceptors (Lipinski definition) is 6. The molecule has 1 unspecified atom stereocenters. The minimum Gasteiger partial charge on any atom is -0.466 e. The van der Waals surface area contributed by atoms with Crippen molar-refractivity contribution in [2.45, 2.75) is 25.9 Å². The number of aromatic nitrogens is 2. The lowest BCUT2D eigenvalue weighted by atomic mass is 10.1. The second-order valence-corrected chi connectivity index (χ2v) is 9.10. The number of esters is 1. The van der Waals surface area contributed by atoms with E-state index in [1.807, 2.05) is 24.3 Å². The Morgan fingerprint density at radius 2 is 1.79 bits per heavy atom. The van der Waals surface area contributed by atoms with Crippen molar-refractivity contribution in [2.24, 2.45) is 0 Å². The van der Waals surface area contributed by atoms with Gasteiger partial charge in [-0.1, -0.05) is 40.2 Å². The Labute approximate surface area is 205 Å². The molecule has 1 atom stereocenters. The molecule has 5 rings (SSSR count). The first-order chi connectivity index (χ1) is 16.5. The maximum Gasteiger partial charge on any atom is 0.311 e. The van der Waals surface area contributed by atoms with Crippen LogP contribution in [0.5, 0.6) is 0 Å². The molecule has 2 aliphatic heterocycles. The van der Waals surface area contributed by atoms with Crippen LogP contribution in [0.3, 0.4) is 0 Å². The van der Waals surface area contributed by atoms with Gasteiger partial charge in [0.1, 0.15) is 5.82 Å². The molecule has 3 aromatic rings. The van der Waals surface area contributed by atoms with Crippen LogP contribution in [0.25, 0.3) is 11.4 Å². The van der Waals surface area contributed by atoms with Crippen LogP contribution in [0.15, 0.2) is 53.0 Å². The molecule has 0 saturated heterocycles. The predicted octanol–water partition coefficient (Wildman–Crippen LogP) is 3.36. The van der Waals surface area contributed by atoms with E-state index < -0.39 is 0 Å². The maximum absolute atomic E-state index is 13.0. The van der Waals surface area contributed by atoms with Gasteiger partial charge in [-0.3, -0.25) is 19.3 Å². The quantitative estimate of drug-likeness (QED) is 0.394. The standard InChI is InChI=1S/C25H23BrN4O4/c1-2-34-21(31)13-19-22-20(14-30-24(32)17-5-3-4-6-18(17)25(30)33)27-11-12-29(22)23(28-19)15-7-9-16(26)10-8-15/h3-10,20,27H,2,11-14H2,1H3. The third-order valence-electron chi connectivity index (χ3n) is 6.10. The maximum atomic E-state index is 13.0. The number of nitrogens with one attached hydrogen (secondary N) is 1. The summed E-state index contributed by atoms with van der Waals surface area (Å²) < 4.78 is 8.22. The van der Waals surface area contributed by atoms with Crippen molar-refractivity contribution < 1.29 is 19.1 Å². The number of nitrogens with zero attached hydrogens (tertiary/aromatic N) is 3. The van der Waals surface area contributed by atoms with Crippen molar-refractivity contribution in [3.63, 3.8) is 0 Å². The zero-order chi connectivity index (χ0) is 23.8. The number of amides is 2. The number of benzene rings is 2. The first-order valence-electron chi connectivity index (χ1n) is 11.2. The average Bonchev–Trinajstić information content (AvgIpc) is 3.31. The van der Waals surface area contributed by atoms with E-state index in [0.29, 0.717) is 29.9 Å². The van der Waals surface area contributed by atoms with Gasteiger partial charge in [0.15, 0.2) is 0 Å². The average molecular weight is 523 g/mol. The van der Waals surface area contributed by atoms with Crippen LogP contribution in [0.1, 0.15) is 45.1 Å². The number of imide groups is 1. The van der Waals surface area contributed by atoms with Crippen molar-refractivity contribution in [1.82, 2.24) is 19.8 Å². The summed E-state index contributed by atoms with van der Waals surface area (Å²) in [6.45, 7) is 3.48. The molecule has 34 heavy (non-hydrogen) atoms. The fraction of sp³-hybridized carbons (Fsp3) is 0.280. The molecule has 2 aliphatic rings. The normalized spacial score (nSPS) is 17.0. The molecule has 9 heteroatoms. The summed E-state index contributed by atoms with van der Waals surface area (Å²) in [7, 11) is 0. The zero-order valence-corrected chi connectivity index (χ0v) is 20.2. The summed E-state index contributed by atoms with van der Waals surface area (Å²) in [5.41, 5.74) is 3.14. The summed E-state index contributed by atoms with van der Waals surface area (Å²) in [4.78, 5) is 44.4. The molecule has 2 aromatic carbocycles. The molecule has 3 heterocycles. The summed E-state index contributed by atoms with van der Waals surface area (Å²) in [5, 5.41) is 3.42. The van der Waals surface area contributed by atoms with Gasteiger partial charge in [-0.15, -0.1) is 0 Å². The van der Waals surface area contributed by atoms with Gasteiger partial charge in [0, 0.05) is 23.1 Å². The summed E-state index contributed by atoms with van der Waals surface area (Å²) in [5.74, 6) is -0.232. The second-order valence-electron chi connectivity index (χ2n) is 8.18. The molecule has 0 spiro atoms. The van der Waals surface area contributed by atoms with Crippen LogP contribution in [-0.4, -0.2) is 51.9 Å². The highest BCUT2D eigenvalue weighted by atomic mass is 79.9. The van der Waals surface area contributed by atoms with Gasteiger partial charge in [0.2, 0.25) is 0 Å². The molecule has 0 bridgehead atoms. The van der Waals surface area contributed by atoms with Gasteiger partial charge in [0.25, 0.3) is 11.8 Å². The lowest BCUT2D eigenvalue weighted by molar-refractivity contribution is -0.142. The Morgan fingerprint density at radius 1 is 1.12 bits per heavy atom. The molecule has 8 nitrogen and oxygen atoms in total. The minimum absolute atomic E-state index is 0.0139. The van der Waals surface area contributed by atoms with E-state index in [1.165, 1.54) is 4.90 Å². The van der Waals surface area contributed by atoms with Crippen LogP contribution in [-0.2, 0) is 22.5 Å². The van der Waals surface area contributed by atoms with Crippen LogP contribution < -0.4 is 5.32 Å². The van der Waals surface area contributed by atoms with E-state index in [0.717, 1.165) is 21.6 Å². The van der Waals surface area contributed by atoms with Crippen molar-refractivity contribution in [3.05, 3.63) is 75.5 Å². The summed E-state index contributed by atoms with van der Waals surface area (Å²) in [6, 6.07) is 14.3. The third kappa shape index (κ3) is 3.95. The Balaban J connectivity index is 1.53. The number of ether oxygens (including phenoxy) is 1. The lowest BCUT2D eigenvalue weighted by Crippen LogP contribution is -2.43. The Bertz CT molecular complexity index is 1250. The monoisotopic (exact) mass is 522 g/mol. The zero-order valence-electron chi connectivity index (χ0n) is 18.6. The van der Waals surface area contributed by atoms with E-state index in [1.54, 1.807) is 31.2 Å². The summed E-state index contributed by atoms with van der Waals surface area (Å²) >= 11 is 3.46. The SMILES string of the molecule is CCOC(=O)Cc1nc(-c2ccc(Br)cc2)n2c1C(CN1C(=O)c3ccccc3C1=O)NCC2. The first-order valence-corrected chi connectivity index (χ1v) is 12.0. The lowest BCUT2D eigenvalue weighted by Gasteiger charge is -2.30. The minimum atomic E-state index is -0.365. The highest BCUT2D eigenvalue weighted by Gasteiger charge is 2.39. The van der Waals surface area contributed by atoms with Crippen molar-refractivity contribution in [1.29, 1.82) is 0 Å². The fourth-order valence-electron chi connectivity index (χ4n) is 4.61. The third-order valence-corrected chi connectivity index (χ3v) is 6.63. The highest BCUT2D eigenvalue weighted by Crippen LogP contribution is 2.32. The Morgan fingerprint density at radius 3 is 2.44 bits per heavy atom. The van der Waals surface area contributed by atoms with Crippen LogP contribution >= 0.6 is 15.9 Å². The van der Waals surface area contributed by atoms with E-state index in [-0.39, 0.29) is 43.4 Å². The Hall–Kier alpha value is -3.30. The van der Waals surface area contributed by atoms with Gasteiger partial charge in [-0.05, 0) is 31.2 Å². The van der Waals surface area contributed by atoms with Gasteiger partial charge < -0.3 is 14.6 Å². The van der Waals surface area contributed by atoms with E-state index >= 15 is 0 Å². The van der Waals surface area contributed by atoms with E-state index in [4.69, 9.17) is 9.72 Å². The van der Waals surface area contributed by atoms with Crippen LogP contribution in [0.2, 0.25) is 0 Å². The number of carbonyl (C=O) groups is 3. The molecule has 0 saturated carbocycles. The molecule has 0 aliphatic carbocycles. The highest BCUT2D eigenvalue weighted by molar-refractivity contribution is 9.10. The van der Waals surface area contributed by atoms with E-state index in [9.17, 15) is 14.4 Å². The molecule has 0 radical (unpaired) electrons. The van der Waals surface area contributed by atoms with Crippen molar-refractivity contribution in [3.8, 4) is 11.4 Å². The second kappa shape index (κ2) is 9.15. The van der Waals surface area contributed by atoms with Crippen LogP contribution in [0.4, 0.5) is 0 Å². The van der Waals surface area contributed by atoms with Gasteiger partial charge >= 0.3 is 5.97 Å². The van der Waals surface area contributed by atoms with Crippen molar-refractivity contribution in [2.75, 3.05) is 19.7 Å². The first kappa shape index (κ1) is 22.5. The largest absolute Gasteiger partial charge is 0.466 e. The molecule has 0 fully saturated rings. The summed E-state index contributed by atoms with van der Waals surface area (Å²) in [6.07, 6.45) is 0.0139. The van der Waals surface area contributed by atoms with Crippen molar-refractivity contribution >= 4 is 33.7 Å². The number of hydrogen-bond donors (Lipinski definition) is 1. The van der Waals surface area contributed by atoms with E-state index in [2.05, 4.69) is 25.8 Å². The predicted molar refractivity (Wildman–Crippen MR) is 128 cm³/mol. The van der Waals surface area contributed by atoms with Crippen LogP contribution in [0, 0.1) is 0 Å². The number of carbonyl (C=O) groups excluding carboxylic acids is 3. The van der Waals surface area contributed by atoms with Gasteiger partial charge in [-0.2, -0.15) is 0 Å². The fourth-order valence-corrected chi connectivity index (χ4v) is 4.88. The number of halogens is 1. The molecule has 2 amide bonds. The molecule has 1 aromatic heterocycles. The van der Waals surface area contributed by atoms with Gasteiger partial charge in [0.05, 0.1) is 48.1 Å². The molecular formula is C25H23BrN4O4. The molecule has 1 N–H and O–H groups in total. The van der Waals surface area contributed by atoms with Gasteiger partial charge in [-0.25, -0.2) is 4.98 Å². The number of fused-ring (bicyclic) bond motifs is 2. The molecular weight excluding hydrogens is 500 g/mol.